The monoisotopic (exact) mass is 333 g/mol. The molecule has 25 heavy (non-hydrogen) atoms. The summed E-state index contributed by atoms with van der Waals surface area (Å²) in [5.41, 5.74) is 4.27. The van der Waals surface area contributed by atoms with Crippen LogP contribution in [0.25, 0.3) is 11.0 Å². The lowest BCUT2D eigenvalue weighted by molar-refractivity contribution is -0.132. The van der Waals surface area contributed by atoms with Crippen LogP contribution < -0.4 is 5.32 Å². The van der Waals surface area contributed by atoms with Crippen molar-refractivity contribution in [2.45, 2.75) is 25.8 Å². The number of fused-ring (bicyclic) bond motifs is 3. The normalized spacial score (nSPS) is 16.4. The maximum atomic E-state index is 11.5. The minimum absolute atomic E-state index is 0.153. The summed E-state index contributed by atoms with van der Waals surface area (Å²) in [5, 5.41) is 12.4. The molecule has 0 saturated carbocycles. The summed E-state index contributed by atoms with van der Waals surface area (Å²) in [6, 6.07) is 16.0. The molecule has 1 atom stereocenters. The highest BCUT2D eigenvalue weighted by atomic mass is 16.4. The van der Waals surface area contributed by atoms with Crippen LogP contribution in [-0.2, 0) is 4.79 Å². The Balaban J connectivity index is 1.89. The molecule has 2 heterocycles. The van der Waals surface area contributed by atoms with E-state index in [0.29, 0.717) is 11.9 Å². The number of hydrogen-bond acceptors (Lipinski definition) is 3. The van der Waals surface area contributed by atoms with Gasteiger partial charge in [-0.1, -0.05) is 50.2 Å². The second-order valence-corrected chi connectivity index (χ2v) is 6.57. The number of carboxylic acid groups (broad SMARTS) is 1. The van der Waals surface area contributed by atoms with Gasteiger partial charge in [0.25, 0.3) is 0 Å². The summed E-state index contributed by atoms with van der Waals surface area (Å²) in [4.78, 5) is 16.1. The summed E-state index contributed by atoms with van der Waals surface area (Å²) >= 11 is 0. The van der Waals surface area contributed by atoms with Gasteiger partial charge in [-0.3, -0.25) is 4.57 Å². The lowest BCUT2D eigenvalue weighted by Gasteiger charge is -2.25. The molecule has 0 unspecified atom stereocenters. The first kappa shape index (κ1) is 15.4. The number of imidazole rings is 1. The molecule has 0 fully saturated rings. The quantitative estimate of drug-likeness (QED) is 0.756. The van der Waals surface area contributed by atoms with Gasteiger partial charge in [0.1, 0.15) is 5.70 Å². The van der Waals surface area contributed by atoms with Crippen LogP contribution in [0.15, 0.2) is 60.3 Å². The standard InChI is InChI=1S/C20H19N3O2/c1-12(2)13-7-9-14(10-8-13)18-11-16(19(24)25)22-20-21-15-5-3-4-6-17(15)23(18)20/h3-12,18H,1-2H3,(H,21,22)(H,24,25)/t18-/m1/s1. The first-order valence-corrected chi connectivity index (χ1v) is 8.33. The molecule has 126 valence electrons. The van der Waals surface area contributed by atoms with E-state index in [9.17, 15) is 9.90 Å². The zero-order chi connectivity index (χ0) is 17.6. The fraction of sp³-hybridized carbons (Fsp3) is 0.200. The third-order valence-electron chi connectivity index (χ3n) is 4.62. The molecular weight excluding hydrogens is 314 g/mol. The average molecular weight is 333 g/mol. The molecule has 0 radical (unpaired) electrons. The van der Waals surface area contributed by atoms with E-state index in [1.807, 2.05) is 28.8 Å². The summed E-state index contributed by atoms with van der Waals surface area (Å²) in [7, 11) is 0. The summed E-state index contributed by atoms with van der Waals surface area (Å²) in [6.07, 6.45) is 1.74. The molecule has 4 rings (SSSR count). The van der Waals surface area contributed by atoms with E-state index in [2.05, 4.69) is 48.4 Å². The van der Waals surface area contributed by atoms with Gasteiger partial charge < -0.3 is 10.4 Å². The number of nitrogens with one attached hydrogen (secondary N) is 1. The molecule has 2 N–H and O–H groups in total. The van der Waals surface area contributed by atoms with Crippen LogP contribution in [0.5, 0.6) is 0 Å². The maximum Gasteiger partial charge on any atom is 0.352 e. The average Bonchev–Trinajstić information content (AvgIpc) is 2.99. The largest absolute Gasteiger partial charge is 0.477 e. The molecule has 5 nitrogen and oxygen atoms in total. The van der Waals surface area contributed by atoms with Crippen molar-refractivity contribution in [2.75, 3.05) is 5.32 Å². The number of anilines is 1. The van der Waals surface area contributed by atoms with Gasteiger partial charge in [0.2, 0.25) is 5.95 Å². The lowest BCUT2D eigenvalue weighted by Crippen LogP contribution is -2.23. The van der Waals surface area contributed by atoms with Crippen molar-refractivity contribution >= 4 is 23.0 Å². The fourth-order valence-corrected chi connectivity index (χ4v) is 3.26. The van der Waals surface area contributed by atoms with E-state index in [0.717, 1.165) is 16.6 Å². The molecular formula is C20H19N3O2. The molecule has 0 saturated heterocycles. The number of aliphatic carboxylic acids is 1. The van der Waals surface area contributed by atoms with Crippen molar-refractivity contribution in [1.29, 1.82) is 0 Å². The molecule has 0 amide bonds. The molecule has 3 aromatic rings. The Morgan fingerprint density at radius 2 is 1.88 bits per heavy atom. The number of hydrogen-bond donors (Lipinski definition) is 2. The Bertz CT molecular complexity index is 984. The lowest BCUT2D eigenvalue weighted by atomic mass is 9.98. The van der Waals surface area contributed by atoms with Crippen molar-refractivity contribution in [2.24, 2.45) is 0 Å². The highest BCUT2D eigenvalue weighted by Gasteiger charge is 2.27. The van der Waals surface area contributed by atoms with Crippen LogP contribution in [-0.4, -0.2) is 20.6 Å². The van der Waals surface area contributed by atoms with Crippen molar-refractivity contribution in [3.05, 3.63) is 71.4 Å². The second-order valence-electron chi connectivity index (χ2n) is 6.57. The summed E-state index contributed by atoms with van der Waals surface area (Å²) < 4.78 is 2.05. The fourth-order valence-electron chi connectivity index (χ4n) is 3.26. The maximum absolute atomic E-state index is 11.5. The topological polar surface area (TPSA) is 67.2 Å². The Hall–Kier alpha value is -3.08. The molecule has 1 aromatic heterocycles. The number of carbonyl (C=O) groups is 1. The van der Waals surface area contributed by atoms with Crippen LogP contribution in [0.1, 0.15) is 36.9 Å². The number of benzene rings is 2. The van der Waals surface area contributed by atoms with E-state index in [1.165, 1.54) is 5.56 Å². The molecule has 5 heteroatoms. The first-order chi connectivity index (χ1) is 12.0. The SMILES string of the molecule is CC(C)c1ccc([C@H]2C=C(C(=O)O)Nc3nc4ccccc4n32)cc1. The predicted molar refractivity (Wildman–Crippen MR) is 97.7 cm³/mol. The second kappa shape index (κ2) is 5.77. The number of allylic oxidation sites excluding steroid dienone is 1. The van der Waals surface area contributed by atoms with Crippen molar-refractivity contribution in [3.63, 3.8) is 0 Å². The Labute approximate surface area is 145 Å². The van der Waals surface area contributed by atoms with Gasteiger partial charge in [-0.15, -0.1) is 0 Å². The van der Waals surface area contributed by atoms with Crippen molar-refractivity contribution < 1.29 is 9.90 Å². The van der Waals surface area contributed by atoms with E-state index < -0.39 is 5.97 Å². The highest BCUT2D eigenvalue weighted by molar-refractivity contribution is 5.92. The van der Waals surface area contributed by atoms with E-state index in [4.69, 9.17) is 0 Å². The van der Waals surface area contributed by atoms with Crippen molar-refractivity contribution in [1.82, 2.24) is 9.55 Å². The van der Waals surface area contributed by atoms with Gasteiger partial charge in [-0.25, -0.2) is 9.78 Å². The minimum Gasteiger partial charge on any atom is -0.477 e. The third kappa shape index (κ3) is 2.58. The van der Waals surface area contributed by atoms with Crippen LogP contribution in [0.4, 0.5) is 5.95 Å². The minimum atomic E-state index is -0.984. The Morgan fingerprint density at radius 3 is 2.56 bits per heavy atom. The van der Waals surface area contributed by atoms with Crippen LogP contribution in [0, 0.1) is 0 Å². The summed E-state index contributed by atoms with van der Waals surface area (Å²) in [5.74, 6) is 0.0259. The van der Waals surface area contributed by atoms with Crippen molar-refractivity contribution in [3.8, 4) is 0 Å². The van der Waals surface area contributed by atoms with Gasteiger partial charge in [0.15, 0.2) is 0 Å². The number of nitrogens with zero attached hydrogens (tertiary/aromatic N) is 2. The molecule has 2 aromatic carbocycles. The van der Waals surface area contributed by atoms with Crippen LogP contribution in [0.2, 0.25) is 0 Å². The van der Waals surface area contributed by atoms with E-state index in [-0.39, 0.29) is 11.7 Å². The van der Waals surface area contributed by atoms with Crippen LogP contribution in [0.3, 0.4) is 0 Å². The smallest absolute Gasteiger partial charge is 0.352 e. The van der Waals surface area contributed by atoms with Gasteiger partial charge in [0.05, 0.1) is 17.1 Å². The van der Waals surface area contributed by atoms with Gasteiger partial charge >= 0.3 is 5.97 Å². The molecule has 0 aliphatic carbocycles. The highest BCUT2D eigenvalue weighted by Crippen LogP contribution is 2.34. The predicted octanol–water partition coefficient (Wildman–Crippen LogP) is 4.14. The number of rotatable bonds is 3. The van der Waals surface area contributed by atoms with Gasteiger partial charge in [0, 0.05) is 0 Å². The number of carboxylic acids is 1. The number of aromatic nitrogens is 2. The van der Waals surface area contributed by atoms with E-state index in [1.54, 1.807) is 6.08 Å². The van der Waals surface area contributed by atoms with Crippen LogP contribution >= 0.6 is 0 Å². The molecule has 1 aliphatic heterocycles. The zero-order valence-corrected chi connectivity index (χ0v) is 14.1. The molecule has 0 bridgehead atoms. The number of para-hydroxylation sites is 2. The molecule has 0 spiro atoms. The van der Waals surface area contributed by atoms with E-state index >= 15 is 0 Å². The first-order valence-electron chi connectivity index (χ1n) is 8.33. The zero-order valence-electron chi connectivity index (χ0n) is 14.1. The molecule has 1 aliphatic rings. The Morgan fingerprint density at radius 1 is 1.16 bits per heavy atom. The third-order valence-corrected chi connectivity index (χ3v) is 4.62. The van der Waals surface area contributed by atoms with Gasteiger partial charge in [-0.05, 0) is 35.3 Å². The summed E-state index contributed by atoms with van der Waals surface area (Å²) in [6.45, 7) is 4.31. The Kier molecular flexibility index (Phi) is 3.57. The van der Waals surface area contributed by atoms with Gasteiger partial charge in [-0.2, -0.15) is 0 Å².